The first kappa shape index (κ1) is 26.7. The van der Waals surface area contributed by atoms with E-state index in [2.05, 4.69) is 11.9 Å². The minimum absolute atomic E-state index is 0.0555. The molecule has 0 bridgehead atoms. The second-order valence-electron chi connectivity index (χ2n) is 10.6. The summed E-state index contributed by atoms with van der Waals surface area (Å²) in [6.45, 7) is 2.01. The largest absolute Gasteiger partial charge is 0.448 e. The summed E-state index contributed by atoms with van der Waals surface area (Å²) in [5.41, 5.74) is 0. The summed E-state index contributed by atoms with van der Waals surface area (Å²) in [5.74, 6) is 0.353. The summed E-state index contributed by atoms with van der Waals surface area (Å²) >= 11 is 6.04. The fourth-order valence-corrected chi connectivity index (χ4v) is 8.15. The Morgan fingerprint density at radius 1 is 1.00 bits per heavy atom. The van der Waals surface area contributed by atoms with Crippen LogP contribution in [0.2, 0.25) is 5.02 Å². The molecule has 0 radical (unpaired) electrons. The lowest BCUT2D eigenvalue weighted by Gasteiger charge is -2.45. The van der Waals surface area contributed by atoms with Crippen LogP contribution in [0, 0.1) is 5.92 Å². The average molecular weight is 526 g/mol. The lowest BCUT2D eigenvalue weighted by molar-refractivity contribution is 0.0385. The molecule has 4 rings (SSSR count). The second kappa shape index (κ2) is 11.8. The number of hydrogen-bond acceptors (Lipinski definition) is 5. The van der Waals surface area contributed by atoms with Crippen LogP contribution >= 0.6 is 11.6 Å². The van der Waals surface area contributed by atoms with E-state index in [1.807, 2.05) is 0 Å². The number of halogens is 1. The predicted octanol–water partition coefficient (Wildman–Crippen LogP) is 4.99. The van der Waals surface area contributed by atoms with Gasteiger partial charge in [-0.15, -0.1) is 0 Å². The summed E-state index contributed by atoms with van der Waals surface area (Å²) in [6, 6.07) is 6.17. The van der Waals surface area contributed by atoms with Crippen molar-refractivity contribution in [2.75, 3.05) is 33.8 Å². The van der Waals surface area contributed by atoms with E-state index < -0.39 is 10.0 Å². The summed E-state index contributed by atoms with van der Waals surface area (Å²) in [5, 5.41) is 0.508. The van der Waals surface area contributed by atoms with Crippen molar-refractivity contribution >= 4 is 27.7 Å². The molecule has 35 heavy (non-hydrogen) atoms. The lowest BCUT2D eigenvalue weighted by Crippen LogP contribution is -2.55. The lowest BCUT2D eigenvalue weighted by atomic mass is 9.80. The van der Waals surface area contributed by atoms with Crippen molar-refractivity contribution < 1.29 is 17.9 Å². The molecule has 0 aromatic heterocycles. The summed E-state index contributed by atoms with van der Waals surface area (Å²) in [6.07, 6.45) is 9.62. The molecule has 2 atom stereocenters. The van der Waals surface area contributed by atoms with Gasteiger partial charge in [0.25, 0.3) is 0 Å². The zero-order chi connectivity index (χ0) is 25.0. The molecule has 1 saturated carbocycles. The molecule has 196 valence electrons. The Hall–Kier alpha value is -1.35. The molecule has 1 aromatic rings. The molecule has 3 aliphatic rings. The molecule has 1 aromatic carbocycles. The monoisotopic (exact) mass is 525 g/mol. The van der Waals surface area contributed by atoms with E-state index in [4.69, 9.17) is 16.3 Å². The highest BCUT2D eigenvalue weighted by atomic mass is 35.5. The number of amides is 1. The Kier molecular flexibility index (Phi) is 9.00. The number of nitrogens with zero attached hydrogens (tertiary/aromatic N) is 3. The molecule has 0 unspecified atom stereocenters. The average Bonchev–Trinajstić information content (AvgIpc) is 2.87. The van der Waals surface area contributed by atoms with E-state index in [-0.39, 0.29) is 35.7 Å². The van der Waals surface area contributed by atoms with Crippen LogP contribution < -0.4 is 0 Å². The van der Waals surface area contributed by atoms with Gasteiger partial charge in [0, 0.05) is 24.2 Å². The highest BCUT2D eigenvalue weighted by Gasteiger charge is 2.44. The zero-order valence-electron chi connectivity index (χ0n) is 21.1. The molecule has 1 amide bonds. The fourth-order valence-electron chi connectivity index (χ4n) is 6.11. The van der Waals surface area contributed by atoms with Crippen LogP contribution in [0.15, 0.2) is 29.2 Å². The van der Waals surface area contributed by atoms with Gasteiger partial charge in [-0.3, -0.25) is 0 Å². The normalized spacial score (nSPS) is 25.9. The topological polar surface area (TPSA) is 70.2 Å². The third-order valence-corrected chi connectivity index (χ3v) is 10.5. The zero-order valence-corrected chi connectivity index (χ0v) is 22.6. The van der Waals surface area contributed by atoms with Crippen LogP contribution in [0.4, 0.5) is 4.79 Å². The van der Waals surface area contributed by atoms with E-state index in [1.54, 1.807) is 40.5 Å². The van der Waals surface area contributed by atoms with Gasteiger partial charge in [0.1, 0.15) is 6.61 Å². The Labute approximate surface area is 215 Å². The van der Waals surface area contributed by atoms with Crippen molar-refractivity contribution in [1.82, 2.24) is 14.1 Å². The maximum absolute atomic E-state index is 13.9. The molecule has 9 heteroatoms. The van der Waals surface area contributed by atoms with Crippen LogP contribution in [-0.2, 0) is 14.8 Å². The van der Waals surface area contributed by atoms with Crippen LogP contribution in [-0.4, -0.2) is 80.5 Å². The van der Waals surface area contributed by atoms with Gasteiger partial charge in [0.05, 0.1) is 10.9 Å². The smallest absolute Gasteiger partial charge is 0.409 e. The number of carbonyl (C=O) groups excluding carboxylic acids is 1. The van der Waals surface area contributed by atoms with Crippen molar-refractivity contribution in [2.24, 2.45) is 5.92 Å². The van der Waals surface area contributed by atoms with E-state index in [0.717, 1.165) is 64.5 Å². The molecule has 2 saturated heterocycles. The quantitative estimate of drug-likeness (QED) is 0.523. The van der Waals surface area contributed by atoms with Gasteiger partial charge in [-0.2, -0.15) is 4.31 Å². The van der Waals surface area contributed by atoms with Crippen molar-refractivity contribution in [3.63, 3.8) is 0 Å². The van der Waals surface area contributed by atoms with Crippen molar-refractivity contribution in [1.29, 1.82) is 0 Å². The van der Waals surface area contributed by atoms with Gasteiger partial charge in [0.2, 0.25) is 10.0 Å². The second-order valence-corrected chi connectivity index (χ2v) is 12.8. The van der Waals surface area contributed by atoms with Crippen LogP contribution in [0.5, 0.6) is 0 Å². The number of ether oxygens (including phenoxy) is 1. The number of piperidine rings is 2. The number of sulfonamides is 1. The minimum Gasteiger partial charge on any atom is -0.448 e. The van der Waals surface area contributed by atoms with Crippen LogP contribution in [0.3, 0.4) is 0 Å². The molecule has 2 heterocycles. The third-order valence-electron chi connectivity index (χ3n) is 8.23. The number of likely N-dealkylation sites (tertiary alicyclic amines) is 1. The van der Waals surface area contributed by atoms with E-state index in [9.17, 15) is 13.2 Å². The van der Waals surface area contributed by atoms with E-state index in [0.29, 0.717) is 17.4 Å². The first-order chi connectivity index (χ1) is 16.8. The molecule has 0 N–H and O–H groups in total. The van der Waals surface area contributed by atoms with Gasteiger partial charge >= 0.3 is 6.09 Å². The van der Waals surface area contributed by atoms with Gasteiger partial charge < -0.3 is 14.5 Å². The first-order valence-electron chi connectivity index (χ1n) is 13.1. The van der Waals surface area contributed by atoms with E-state index >= 15 is 0 Å². The SMILES string of the molecule is CN1CCC(N(C)C(=O)OC[C@H]2CCC[C@@H](C3CCCCC3)N2S(=O)(=O)c2ccc(Cl)cc2)CC1. The number of hydrogen-bond donors (Lipinski definition) is 0. The first-order valence-corrected chi connectivity index (χ1v) is 15.0. The van der Waals surface area contributed by atoms with Crippen LogP contribution in [0.1, 0.15) is 64.2 Å². The standard InChI is InChI=1S/C26H40ClN3O4S/c1-28-17-15-22(16-18-28)29(2)26(31)34-19-23-9-6-10-25(20-7-4-3-5-8-20)30(23)35(32,33)24-13-11-21(27)12-14-24/h11-14,20,22-23,25H,3-10,15-19H2,1-2H3/t23-,25+/m1/s1. The maximum atomic E-state index is 13.9. The molecule has 0 spiro atoms. The Balaban J connectivity index is 1.52. The van der Waals surface area contributed by atoms with Gasteiger partial charge in [-0.05, 0) is 88.8 Å². The van der Waals surface area contributed by atoms with Gasteiger partial charge in [-0.25, -0.2) is 13.2 Å². The van der Waals surface area contributed by atoms with Crippen molar-refractivity contribution in [3.05, 3.63) is 29.3 Å². The highest BCUT2D eigenvalue weighted by molar-refractivity contribution is 7.89. The summed E-state index contributed by atoms with van der Waals surface area (Å²) in [7, 11) is 0.134. The van der Waals surface area contributed by atoms with E-state index in [1.165, 1.54) is 6.42 Å². The van der Waals surface area contributed by atoms with Gasteiger partial charge in [-0.1, -0.05) is 37.3 Å². The third kappa shape index (κ3) is 6.32. The molecule has 1 aliphatic carbocycles. The Bertz CT molecular complexity index is 944. The molecule has 7 nitrogen and oxygen atoms in total. The predicted molar refractivity (Wildman–Crippen MR) is 138 cm³/mol. The number of carbonyl (C=O) groups is 1. The van der Waals surface area contributed by atoms with Crippen molar-refractivity contribution in [3.8, 4) is 0 Å². The molecule has 2 aliphatic heterocycles. The molecule has 3 fully saturated rings. The molecular formula is C26H40ClN3O4S. The maximum Gasteiger partial charge on any atom is 0.409 e. The summed E-state index contributed by atoms with van der Waals surface area (Å²) < 4.78 is 35.4. The highest BCUT2D eigenvalue weighted by Crippen LogP contribution is 2.39. The number of rotatable bonds is 6. The fraction of sp³-hybridized carbons (Fsp3) is 0.731. The molecular weight excluding hydrogens is 486 g/mol. The minimum atomic E-state index is -3.76. The van der Waals surface area contributed by atoms with Gasteiger partial charge in [0.15, 0.2) is 0 Å². The van der Waals surface area contributed by atoms with Crippen molar-refractivity contribution in [2.45, 2.75) is 87.2 Å². The number of benzene rings is 1. The Morgan fingerprint density at radius 2 is 1.66 bits per heavy atom. The summed E-state index contributed by atoms with van der Waals surface area (Å²) in [4.78, 5) is 17.1. The Morgan fingerprint density at radius 3 is 2.31 bits per heavy atom. The van der Waals surface area contributed by atoms with Crippen LogP contribution in [0.25, 0.3) is 0 Å².